The molecule has 0 aliphatic carbocycles. The van der Waals surface area contributed by atoms with Gasteiger partial charge in [-0.3, -0.25) is 4.79 Å². The van der Waals surface area contributed by atoms with Gasteiger partial charge in [0.05, 0.1) is 5.52 Å². The Morgan fingerprint density at radius 1 is 1.29 bits per heavy atom. The van der Waals surface area contributed by atoms with Crippen molar-refractivity contribution in [1.29, 1.82) is 0 Å². The number of aromatic nitrogens is 2. The van der Waals surface area contributed by atoms with Gasteiger partial charge in [-0.05, 0) is 18.1 Å². The number of thiophene rings is 1. The standard InChI is InChI=1S/C16H16N2O2S/c1-2-8-20-10-14-17-12-9-13(11-6-4-3-5-7-11)21-15(12)16(19)18-14/h3-7,9H,2,8,10H2,1H3,(H,17,18,19). The summed E-state index contributed by atoms with van der Waals surface area (Å²) in [5.74, 6) is 0.582. The second-order valence-electron chi connectivity index (χ2n) is 4.76. The number of hydrogen-bond acceptors (Lipinski definition) is 4. The van der Waals surface area contributed by atoms with Gasteiger partial charge in [0.1, 0.15) is 17.1 Å². The van der Waals surface area contributed by atoms with E-state index in [0.29, 0.717) is 23.7 Å². The van der Waals surface area contributed by atoms with E-state index < -0.39 is 0 Å². The van der Waals surface area contributed by atoms with E-state index in [1.165, 1.54) is 11.3 Å². The van der Waals surface area contributed by atoms with Crippen LogP contribution in [-0.2, 0) is 11.3 Å². The fourth-order valence-corrected chi connectivity index (χ4v) is 3.11. The molecule has 1 N–H and O–H groups in total. The van der Waals surface area contributed by atoms with E-state index in [2.05, 4.69) is 9.97 Å². The second-order valence-corrected chi connectivity index (χ2v) is 5.81. The van der Waals surface area contributed by atoms with Crippen LogP contribution in [0.2, 0.25) is 0 Å². The van der Waals surface area contributed by atoms with Gasteiger partial charge in [-0.2, -0.15) is 0 Å². The van der Waals surface area contributed by atoms with E-state index >= 15 is 0 Å². The summed E-state index contributed by atoms with van der Waals surface area (Å²) in [5.41, 5.74) is 1.74. The minimum Gasteiger partial charge on any atom is -0.374 e. The summed E-state index contributed by atoms with van der Waals surface area (Å²) in [5, 5.41) is 0. The number of rotatable bonds is 5. The number of fused-ring (bicyclic) bond motifs is 1. The molecule has 1 aromatic carbocycles. The summed E-state index contributed by atoms with van der Waals surface area (Å²) < 4.78 is 6.10. The number of aromatic amines is 1. The van der Waals surface area contributed by atoms with Crippen molar-refractivity contribution < 1.29 is 4.74 Å². The van der Waals surface area contributed by atoms with Gasteiger partial charge in [-0.1, -0.05) is 37.3 Å². The predicted octanol–water partition coefficient (Wildman–Crippen LogP) is 3.58. The summed E-state index contributed by atoms with van der Waals surface area (Å²) in [6.45, 7) is 3.06. The summed E-state index contributed by atoms with van der Waals surface area (Å²) in [4.78, 5) is 20.5. The van der Waals surface area contributed by atoms with E-state index in [1.807, 2.05) is 43.3 Å². The molecule has 3 aromatic rings. The zero-order valence-electron chi connectivity index (χ0n) is 11.8. The Labute approximate surface area is 126 Å². The Bertz CT molecular complexity index is 793. The molecule has 0 aliphatic rings. The smallest absolute Gasteiger partial charge is 0.268 e. The number of nitrogens with zero attached hydrogens (tertiary/aromatic N) is 1. The predicted molar refractivity (Wildman–Crippen MR) is 85.6 cm³/mol. The number of ether oxygens (including phenoxy) is 1. The fraction of sp³-hybridized carbons (Fsp3) is 0.250. The van der Waals surface area contributed by atoms with Gasteiger partial charge in [0.25, 0.3) is 5.56 Å². The topological polar surface area (TPSA) is 55.0 Å². The zero-order valence-corrected chi connectivity index (χ0v) is 12.6. The molecule has 0 fully saturated rings. The van der Waals surface area contributed by atoms with Gasteiger partial charge in [-0.25, -0.2) is 4.98 Å². The van der Waals surface area contributed by atoms with Crippen molar-refractivity contribution in [1.82, 2.24) is 9.97 Å². The first-order valence-electron chi connectivity index (χ1n) is 6.94. The van der Waals surface area contributed by atoms with Gasteiger partial charge in [0.2, 0.25) is 0 Å². The van der Waals surface area contributed by atoms with Crippen molar-refractivity contribution >= 4 is 21.6 Å². The van der Waals surface area contributed by atoms with Crippen molar-refractivity contribution in [2.75, 3.05) is 6.61 Å². The number of benzene rings is 1. The lowest BCUT2D eigenvalue weighted by molar-refractivity contribution is 0.116. The molecule has 108 valence electrons. The highest BCUT2D eigenvalue weighted by Gasteiger charge is 2.10. The molecular weight excluding hydrogens is 284 g/mol. The van der Waals surface area contributed by atoms with Crippen LogP contribution in [0, 0.1) is 0 Å². The quantitative estimate of drug-likeness (QED) is 0.733. The minimum absolute atomic E-state index is 0.0951. The third-order valence-corrected chi connectivity index (χ3v) is 4.25. The number of H-pyrrole nitrogens is 1. The number of nitrogens with one attached hydrogen (secondary N) is 1. The molecule has 2 aromatic heterocycles. The van der Waals surface area contributed by atoms with Crippen molar-refractivity contribution in [3.63, 3.8) is 0 Å². The van der Waals surface area contributed by atoms with Crippen LogP contribution < -0.4 is 5.56 Å². The maximum absolute atomic E-state index is 12.1. The molecule has 0 aliphatic heterocycles. The molecule has 0 saturated heterocycles. The third-order valence-electron chi connectivity index (χ3n) is 3.08. The summed E-state index contributed by atoms with van der Waals surface area (Å²) in [6, 6.07) is 12.0. The lowest BCUT2D eigenvalue weighted by atomic mass is 10.2. The molecule has 0 amide bonds. The van der Waals surface area contributed by atoms with Crippen molar-refractivity contribution in [2.45, 2.75) is 20.0 Å². The second kappa shape index (κ2) is 6.20. The maximum Gasteiger partial charge on any atom is 0.268 e. The summed E-state index contributed by atoms with van der Waals surface area (Å²) >= 11 is 1.47. The van der Waals surface area contributed by atoms with E-state index in [-0.39, 0.29) is 5.56 Å². The summed E-state index contributed by atoms with van der Waals surface area (Å²) in [6.07, 6.45) is 0.948. The molecule has 0 unspecified atom stereocenters. The van der Waals surface area contributed by atoms with Crippen LogP contribution in [0.15, 0.2) is 41.2 Å². The highest BCUT2D eigenvalue weighted by Crippen LogP contribution is 2.30. The molecule has 0 radical (unpaired) electrons. The van der Waals surface area contributed by atoms with E-state index in [9.17, 15) is 4.79 Å². The number of hydrogen-bond donors (Lipinski definition) is 1. The van der Waals surface area contributed by atoms with Gasteiger partial charge in [0.15, 0.2) is 0 Å². The van der Waals surface area contributed by atoms with Crippen LogP contribution in [0.5, 0.6) is 0 Å². The van der Waals surface area contributed by atoms with Crippen molar-refractivity contribution in [2.24, 2.45) is 0 Å². The highest BCUT2D eigenvalue weighted by atomic mass is 32.1. The molecule has 5 heteroatoms. The van der Waals surface area contributed by atoms with Crippen LogP contribution in [0.4, 0.5) is 0 Å². The first kappa shape index (κ1) is 14.0. The lowest BCUT2D eigenvalue weighted by Crippen LogP contribution is -2.11. The molecular formula is C16H16N2O2S. The van der Waals surface area contributed by atoms with E-state index in [0.717, 1.165) is 22.4 Å². The first-order valence-corrected chi connectivity index (χ1v) is 7.75. The van der Waals surface area contributed by atoms with Gasteiger partial charge in [0, 0.05) is 11.5 Å². The van der Waals surface area contributed by atoms with E-state index in [4.69, 9.17) is 4.74 Å². The maximum atomic E-state index is 12.1. The Balaban J connectivity index is 1.97. The first-order chi connectivity index (χ1) is 10.3. The molecule has 21 heavy (non-hydrogen) atoms. The SMILES string of the molecule is CCCOCc1nc2cc(-c3ccccc3)sc2c(=O)[nH]1. The zero-order chi connectivity index (χ0) is 14.7. The van der Waals surface area contributed by atoms with Crippen LogP contribution in [0.25, 0.3) is 20.7 Å². The lowest BCUT2D eigenvalue weighted by Gasteiger charge is -2.01. The third kappa shape index (κ3) is 3.04. The highest BCUT2D eigenvalue weighted by molar-refractivity contribution is 7.22. The Kier molecular flexibility index (Phi) is 4.13. The van der Waals surface area contributed by atoms with E-state index in [1.54, 1.807) is 0 Å². The Morgan fingerprint density at radius 3 is 2.86 bits per heavy atom. The molecule has 0 spiro atoms. The van der Waals surface area contributed by atoms with Gasteiger partial charge >= 0.3 is 0 Å². The normalized spacial score (nSPS) is 11.1. The van der Waals surface area contributed by atoms with Crippen molar-refractivity contribution in [3.8, 4) is 10.4 Å². The molecule has 4 nitrogen and oxygen atoms in total. The van der Waals surface area contributed by atoms with Gasteiger partial charge < -0.3 is 9.72 Å². The van der Waals surface area contributed by atoms with Crippen LogP contribution in [0.1, 0.15) is 19.2 Å². The fourth-order valence-electron chi connectivity index (χ4n) is 2.11. The van der Waals surface area contributed by atoms with Crippen LogP contribution in [-0.4, -0.2) is 16.6 Å². The molecule has 3 rings (SSSR count). The largest absolute Gasteiger partial charge is 0.374 e. The monoisotopic (exact) mass is 300 g/mol. The minimum atomic E-state index is -0.0951. The molecule has 2 heterocycles. The molecule has 0 saturated carbocycles. The average molecular weight is 300 g/mol. The van der Waals surface area contributed by atoms with Crippen LogP contribution >= 0.6 is 11.3 Å². The Hall–Kier alpha value is -1.98. The Morgan fingerprint density at radius 2 is 2.10 bits per heavy atom. The summed E-state index contributed by atoms with van der Waals surface area (Å²) in [7, 11) is 0. The molecule has 0 bridgehead atoms. The van der Waals surface area contributed by atoms with Crippen LogP contribution in [0.3, 0.4) is 0 Å². The van der Waals surface area contributed by atoms with Crippen molar-refractivity contribution in [3.05, 3.63) is 52.6 Å². The molecule has 0 atom stereocenters. The van der Waals surface area contributed by atoms with Gasteiger partial charge in [-0.15, -0.1) is 11.3 Å². The average Bonchev–Trinajstić information content (AvgIpc) is 2.93.